The summed E-state index contributed by atoms with van der Waals surface area (Å²) in [6.45, 7) is 5.76. The second-order valence-electron chi connectivity index (χ2n) is 2.97. The number of hydrogen-bond acceptors (Lipinski definition) is 2. The molecule has 1 atom stereocenters. The molecule has 0 spiro atoms. The molecule has 0 bridgehead atoms. The van der Waals surface area contributed by atoms with E-state index in [9.17, 15) is 4.89 Å². The smallest absolute Gasteiger partial charge is 0.224 e. The van der Waals surface area contributed by atoms with Gasteiger partial charge in [0.05, 0.1) is 0 Å². The molecule has 0 fully saturated rings. The first-order chi connectivity index (χ1) is 6.15. The van der Waals surface area contributed by atoms with Gasteiger partial charge in [-0.25, -0.2) is 0 Å². The van der Waals surface area contributed by atoms with Gasteiger partial charge in [-0.15, -0.1) is 0 Å². The van der Waals surface area contributed by atoms with Crippen LogP contribution in [0, 0.1) is 6.92 Å². The minimum Gasteiger partial charge on any atom is -0.447 e. The number of hydrogen-bond donors (Lipinski definition) is 1. The average molecular weight is 198 g/mol. The molecule has 0 aliphatic rings. The van der Waals surface area contributed by atoms with Gasteiger partial charge in [0.2, 0.25) is 8.38 Å². The summed E-state index contributed by atoms with van der Waals surface area (Å²) in [5.74, 6) is 0.848. The van der Waals surface area contributed by atoms with Gasteiger partial charge in [0.1, 0.15) is 5.75 Å². The van der Waals surface area contributed by atoms with E-state index in [4.69, 9.17) is 4.52 Å². The highest BCUT2D eigenvalue weighted by atomic mass is 31.2. The van der Waals surface area contributed by atoms with Gasteiger partial charge in [0, 0.05) is 6.66 Å². The van der Waals surface area contributed by atoms with E-state index in [1.165, 1.54) is 0 Å². The SMILES string of the molecule is CCc1cccc(C)c1OP(C)O. The van der Waals surface area contributed by atoms with Crippen LogP contribution in [0.5, 0.6) is 5.75 Å². The average Bonchev–Trinajstić information content (AvgIpc) is 2.08. The molecule has 0 aromatic heterocycles. The van der Waals surface area contributed by atoms with Crippen LogP contribution in [0.3, 0.4) is 0 Å². The number of rotatable bonds is 3. The molecule has 0 amide bonds. The van der Waals surface area contributed by atoms with Crippen molar-refractivity contribution < 1.29 is 9.42 Å². The molecule has 0 aliphatic heterocycles. The standard InChI is InChI=1S/C10H15O2P/c1-4-9-7-5-6-8(2)10(9)12-13(3)11/h5-7,11H,4H2,1-3H3. The van der Waals surface area contributed by atoms with Crippen LogP contribution >= 0.6 is 8.38 Å². The monoisotopic (exact) mass is 198 g/mol. The molecule has 1 aromatic rings. The maximum atomic E-state index is 9.19. The zero-order chi connectivity index (χ0) is 9.84. The lowest BCUT2D eigenvalue weighted by Crippen LogP contribution is -1.93. The third-order valence-corrected chi connectivity index (χ3v) is 2.34. The van der Waals surface area contributed by atoms with Crippen LogP contribution in [0.1, 0.15) is 18.1 Å². The van der Waals surface area contributed by atoms with Crippen molar-refractivity contribution in [2.45, 2.75) is 20.3 Å². The van der Waals surface area contributed by atoms with E-state index in [-0.39, 0.29) is 0 Å². The molecular weight excluding hydrogens is 183 g/mol. The van der Waals surface area contributed by atoms with Crippen LogP contribution in [0.2, 0.25) is 0 Å². The molecule has 1 N–H and O–H groups in total. The van der Waals surface area contributed by atoms with Crippen molar-refractivity contribution in [2.75, 3.05) is 6.66 Å². The summed E-state index contributed by atoms with van der Waals surface area (Å²) in [4.78, 5) is 9.19. The Morgan fingerprint density at radius 1 is 1.46 bits per heavy atom. The molecule has 1 unspecified atom stereocenters. The molecule has 2 nitrogen and oxygen atoms in total. The lowest BCUT2D eigenvalue weighted by Gasteiger charge is -2.13. The zero-order valence-electron chi connectivity index (χ0n) is 8.24. The molecular formula is C10H15O2P. The lowest BCUT2D eigenvalue weighted by molar-refractivity contribution is 0.488. The van der Waals surface area contributed by atoms with Crippen molar-refractivity contribution >= 4 is 8.38 Å². The maximum absolute atomic E-state index is 9.19. The van der Waals surface area contributed by atoms with E-state index in [1.807, 2.05) is 25.1 Å². The summed E-state index contributed by atoms with van der Waals surface area (Å²) < 4.78 is 5.39. The van der Waals surface area contributed by atoms with Gasteiger partial charge in [-0.3, -0.25) is 0 Å². The summed E-state index contributed by atoms with van der Waals surface area (Å²) in [5.41, 5.74) is 2.24. The third kappa shape index (κ3) is 2.68. The van der Waals surface area contributed by atoms with Gasteiger partial charge in [0.25, 0.3) is 0 Å². The molecule has 0 saturated heterocycles. The van der Waals surface area contributed by atoms with Gasteiger partial charge >= 0.3 is 0 Å². The number of aryl methyl sites for hydroxylation is 2. The van der Waals surface area contributed by atoms with Crippen LogP contribution in [0.25, 0.3) is 0 Å². The van der Waals surface area contributed by atoms with Crippen LogP contribution in [-0.4, -0.2) is 11.6 Å². The van der Waals surface area contributed by atoms with Gasteiger partial charge < -0.3 is 9.42 Å². The first-order valence-corrected chi connectivity index (χ1v) is 6.00. The fraction of sp³-hybridized carbons (Fsp3) is 0.400. The minimum absolute atomic E-state index is 0.848. The molecule has 0 heterocycles. The topological polar surface area (TPSA) is 29.5 Å². The van der Waals surface area contributed by atoms with Crippen LogP contribution < -0.4 is 4.52 Å². The van der Waals surface area contributed by atoms with Crippen LogP contribution in [0.4, 0.5) is 0 Å². The van der Waals surface area contributed by atoms with E-state index < -0.39 is 8.38 Å². The first-order valence-electron chi connectivity index (χ1n) is 4.34. The molecule has 1 rings (SSSR count). The highest BCUT2D eigenvalue weighted by Crippen LogP contribution is 2.34. The Labute approximate surface area is 80.5 Å². The fourth-order valence-corrected chi connectivity index (χ4v) is 1.78. The Hall–Kier alpha value is -0.590. The quantitative estimate of drug-likeness (QED) is 0.757. The Morgan fingerprint density at radius 2 is 2.15 bits per heavy atom. The predicted octanol–water partition coefficient (Wildman–Crippen LogP) is 2.87. The summed E-state index contributed by atoms with van der Waals surface area (Å²) >= 11 is 0. The maximum Gasteiger partial charge on any atom is 0.224 e. The fourth-order valence-electron chi connectivity index (χ4n) is 1.25. The Morgan fingerprint density at radius 3 is 2.69 bits per heavy atom. The summed E-state index contributed by atoms with van der Waals surface area (Å²) in [6, 6.07) is 6.03. The molecule has 72 valence electrons. The molecule has 0 aliphatic carbocycles. The molecule has 13 heavy (non-hydrogen) atoms. The lowest BCUT2D eigenvalue weighted by atomic mass is 10.1. The van der Waals surface area contributed by atoms with Crippen molar-refractivity contribution in [2.24, 2.45) is 0 Å². The zero-order valence-corrected chi connectivity index (χ0v) is 9.14. The van der Waals surface area contributed by atoms with Crippen molar-refractivity contribution in [3.05, 3.63) is 29.3 Å². The normalized spacial score (nSPS) is 12.6. The van der Waals surface area contributed by atoms with Gasteiger partial charge in [-0.2, -0.15) is 0 Å². The summed E-state index contributed by atoms with van der Waals surface area (Å²) in [7, 11) is -1.31. The van der Waals surface area contributed by atoms with Crippen molar-refractivity contribution in [3.8, 4) is 5.75 Å². The van der Waals surface area contributed by atoms with Crippen molar-refractivity contribution in [1.29, 1.82) is 0 Å². The molecule has 1 aromatic carbocycles. The number of para-hydroxylation sites is 1. The first kappa shape index (κ1) is 10.5. The third-order valence-electron chi connectivity index (χ3n) is 1.90. The molecule has 0 radical (unpaired) electrons. The van der Waals surface area contributed by atoms with E-state index in [1.54, 1.807) is 6.66 Å². The second kappa shape index (κ2) is 4.59. The van der Waals surface area contributed by atoms with Gasteiger partial charge in [-0.1, -0.05) is 25.1 Å². The number of benzene rings is 1. The summed E-state index contributed by atoms with van der Waals surface area (Å²) in [5, 5.41) is 0. The van der Waals surface area contributed by atoms with Gasteiger partial charge in [-0.05, 0) is 24.5 Å². The van der Waals surface area contributed by atoms with E-state index in [0.29, 0.717) is 0 Å². The molecule has 3 heteroatoms. The Kier molecular flexibility index (Phi) is 3.71. The predicted molar refractivity (Wildman–Crippen MR) is 56.2 cm³/mol. The van der Waals surface area contributed by atoms with Gasteiger partial charge in [0.15, 0.2) is 0 Å². The minimum atomic E-state index is -1.31. The largest absolute Gasteiger partial charge is 0.447 e. The van der Waals surface area contributed by atoms with Crippen molar-refractivity contribution in [1.82, 2.24) is 0 Å². The van der Waals surface area contributed by atoms with E-state index in [0.717, 1.165) is 23.3 Å². The van der Waals surface area contributed by atoms with Crippen LogP contribution in [-0.2, 0) is 6.42 Å². The van der Waals surface area contributed by atoms with E-state index >= 15 is 0 Å². The highest BCUT2D eigenvalue weighted by Gasteiger charge is 2.07. The van der Waals surface area contributed by atoms with Crippen molar-refractivity contribution in [3.63, 3.8) is 0 Å². The summed E-state index contributed by atoms with van der Waals surface area (Å²) in [6.07, 6.45) is 0.931. The van der Waals surface area contributed by atoms with E-state index in [2.05, 4.69) is 6.92 Å². The second-order valence-corrected chi connectivity index (χ2v) is 4.08. The van der Waals surface area contributed by atoms with Crippen LogP contribution in [0.15, 0.2) is 18.2 Å². The highest BCUT2D eigenvalue weighted by molar-refractivity contribution is 7.45. The Balaban J connectivity index is 3.00. The molecule has 0 saturated carbocycles. The Bertz CT molecular complexity index is 284.